The lowest BCUT2D eigenvalue weighted by Crippen LogP contribution is -2.24. The van der Waals surface area contributed by atoms with E-state index in [2.05, 4.69) is 9.88 Å². The van der Waals surface area contributed by atoms with Crippen LogP contribution >= 0.6 is 11.3 Å². The minimum Gasteiger partial charge on any atom is -0.455 e. The van der Waals surface area contributed by atoms with Gasteiger partial charge in [-0.3, -0.25) is 0 Å². The van der Waals surface area contributed by atoms with Crippen LogP contribution in [-0.4, -0.2) is 50.9 Å². The van der Waals surface area contributed by atoms with E-state index in [0.717, 1.165) is 35.1 Å². The summed E-state index contributed by atoms with van der Waals surface area (Å²) in [6.45, 7) is 1.55. The third-order valence-electron chi connectivity index (χ3n) is 5.05. The molecule has 31 heavy (non-hydrogen) atoms. The van der Waals surface area contributed by atoms with Gasteiger partial charge in [-0.1, -0.05) is 6.07 Å². The number of carbonyl (C=O) groups is 1. The number of anilines is 1. The summed E-state index contributed by atoms with van der Waals surface area (Å²) in [5.41, 5.74) is 1.39. The second-order valence-corrected chi connectivity index (χ2v) is 10.5. The zero-order chi connectivity index (χ0) is 22.0. The number of hydrogen-bond donors (Lipinski definition) is 0. The largest absolute Gasteiger partial charge is 0.455 e. The first-order valence-corrected chi connectivity index (χ1v) is 12.1. The fourth-order valence-electron chi connectivity index (χ4n) is 3.39. The molecule has 1 saturated heterocycles. The minimum atomic E-state index is -3.68. The number of rotatable bonds is 7. The lowest BCUT2D eigenvalue weighted by atomic mass is 10.1. The molecule has 0 radical (unpaired) electrons. The van der Waals surface area contributed by atoms with E-state index in [1.807, 2.05) is 17.5 Å². The van der Waals surface area contributed by atoms with Crippen molar-refractivity contribution in [1.82, 2.24) is 9.29 Å². The summed E-state index contributed by atoms with van der Waals surface area (Å²) in [5.74, 6) is -0.128. The van der Waals surface area contributed by atoms with Gasteiger partial charge in [0.1, 0.15) is 18.6 Å². The molecule has 0 N–H and O–H groups in total. The van der Waals surface area contributed by atoms with Gasteiger partial charge in [-0.2, -0.15) is 0 Å². The highest BCUT2D eigenvalue weighted by Gasteiger charge is 2.25. The molecule has 1 aromatic carbocycles. The first-order valence-electron chi connectivity index (χ1n) is 9.83. The number of nitrogens with zero attached hydrogens (tertiary/aromatic N) is 3. The molecule has 0 unspecified atom stereocenters. The van der Waals surface area contributed by atoms with Crippen molar-refractivity contribution in [2.75, 3.05) is 32.1 Å². The molecule has 2 aromatic heterocycles. The van der Waals surface area contributed by atoms with Crippen LogP contribution < -0.4 is 4.90 Å². The number of aromatic nitrogens is 1. The van der Waals surface area contributed by atoms with Gasteiger partial charge in [0.05, 0.1) is 21.0 Å². The zero-order valence-corrected chi connectivity index (χ0v) is 18.9. The number of oxazole rings is 1. The molecule has 164 valence electrons. The van der Waals surface area contributed by atoms with Gasteiger partial charge >= 0.3 is 5.97 Å². The molecule has 3 aromatic rings. The van der Waals surface area contributed by atoms with Crippen LogP contribution in [0.15, 0.2) is 51.3 Å². The van der Waals surface area contributed by atoms with Gasteiger partial charge in [-0.15, -0.1) is 11.3 Å². The fourth-order valence-corrected chi connectivity index (χ4v) is 4.97. The highest BCUT2D eigenvalue weighted by atomic mass is 32.2. The number of ether oxygens (including phenoxy) is 1. The van der Waals surface area contributed by atoms with Gasteiger partial charge in [-0.05, 0) is 42.5 Å². The second-order valence-electron chi connectivity index (χ2n) is 7.36. The van der Waals surface area contributed by atoms with Gasteiger partial charge in [-0.25, -0.2) is 22.5 Å². The Morgan fingerprint density at radius 1 is 1.26 bits per heavy atom. The highest BCUT2D eigenvalue weighted by molar-refractivity contribution is 7.89. The monoisotopic (exact) mass is 461 g/mol. The molecule has 0 atom stereocenters. The Kier molecular flexibility index (Phi) is 6.12. The van der Waals surface area contributed by atoms with Crippen LogP contribution in [0.4, 0.5) is 5.69 Å². The van der Waals surface area contributed by atoms with Gasteiger partial charge in [0.2, 0.25) is 15.9 Å². The molecule has 1 fully saturated rings. The van der Waals surface area contributed by atoms with Crippen molar-refractivity contribution in [3.8, 4) is 10.8 Å². The molecule has 0 saturated carbocycles. The van der Waals surface area contributed by atoms with E-state index in [0.29, 0.717) is 17.3 Å². The Morgan fingerprint density at radius 3 is 2.71 bits per heavy atom. The lowest BCUT2D eigenvalue weighted by Gasteiger charge is -2.22. The topological polar surface area (TPSA) is 93.0 Å². The van der Waals surface area contributed by atoms with E-state index in [1.54, 1.807) is 6.07 Å². The molecule has 3 heterocycles. The van der Waals surface area contributed by atoms with Crippen LogP contribution in [0.3, 0.4) is 0 Å². The van der Waals surface area contributed by atoms with E-state index in [9.17, 15) is 13.2 Å². The maximum absolute atomic E-state index is 13.0. The van der Waals surface area contributed by atoms with Crippen molar-refractivity contribution >= 4 is 33.0 Å². The minimum absolute atomic E-state index is 0.0498. The Hall–Kier alpha value is -2.69. The maximum Gasteiger partial charge on any atom is 0.340 e. The predicted octanol–water partition coefficient (Wildman–Crippen LogP) is 3.61. The molecule has 0 amide bonds. The second kappa shape index (κ2) is 8.81. The third kappa shape index (κ3) is 4.51. The summed E-state index contributed by atoms with van der Waals surface area (Å²) in [5, 5.41) is 1.92. The Bertz CT molecular complexity index is 1160. The van der Waals surface area contributed by atoms with Crippen LogP contribution in [0.5, 0.6) is 0 Å². The molecule has 1 aliphatic heterocycles. The van der Waals surface area contributed by atoms with Crippen molar-refractivity contribution in [1.29, 1.82) is 0 Å². The van der Waals surface area contributed by atoms with Crippen molar-refractivity contribution in [2.45, 2.75) is 24.3 Å². The Balaban J connectivity index is 1.58. The summed E-state index contributed by atoms with van der Waals surface area (Å²) < 4.78 is 37.2. The zero-order valence-electron chi connectivity index (χ0n) is 17.3. The van der Waals surface area contributed by atoms with E-state index < -0.39 is 16.0 Å². The SMILES string of the molecule is CN(C)S(=O)(=O)c1ccc(N2CCCC2)c(C(=O)OCc2coc(-c3cccs3)n2)c1. The van der Waals surface area contributed by atoms with E-state index in [4.69, 9.17) is 9.15 Å². The van der Waals surface area contributed by atoms with Crippen molar-refractivity contribution in [3.05, 3.63) is 53.2 Å². The molecule has 10 heteroatoms. The number of benzene rings is 1. The average molecular weight is 462 g/mol. The third-order valence-corrected chi connectivity index (χ3v) is 7.72. The van der Waals surface area contributed by atoms with Crippen LogP contribution in [-0.2, 0) is 21.4 Å². The molecule has 1 aliphatic rings. The number of sulfonamides is 1. The average Bonchev–Trinajstić information content (AvgIpc) is 3.53. The molecule has 0 aliphatic carbocycles. The molecule has 0 spiro atoms. The fraction of sp³-hybridized carbons (Fsp3) is 0.333. The molecular weight excluding hydrogens is 438 g/mol. The molecule has 0 bridgehead atoms. The molecular formula is C21H23N3O5S2. The van der Waals surface area contributed by atoms with Gasteiger partial charge in [0.25, 0.3) is 0 Å². The number of carbonyl (C=O) groups excluding carboxylic acids is 1. The quantitative estimate of drug-likeness (QED) is 0.496. The van der Waals surface area contributed by atoms with Crippen LogP contribution in [0.2, 0.25) is 0 Å². The predicted molar refractivity (Wildman–Crippen MR) is 118 cm³/mol. The highest BCUT2D eigenvalue weighted by Crippen LogP contribution is 2.29. The normalized spacial score (nSPS) is 14.4. The van der Waals surface area contributed by atoms with Gasteiger partial charge in [0, 0.05) is 27.2 Å². The molecule has 8 nitrogen and oxygen atoms in total. The summed E-state index contributed by atoms with van der Waals surface area (Å²) in [6.07, 6.45) is 3.50. The van der Waals surface area contributed by atoms with E-state index in [-0.39, 0.29) is 17.1 Å². The van der Waals surface area contributed by atoms with Crippen molar-refractivity contribution in [2.24, 2.45) is 0 Å². The standard InChI is InChI=1S/C21H23N3O5S2/c1-23(2)31(26,27)16-7-8-18(24-9-3-4-10-24)17(12-16)21(25)29-14-15-13-28-20(22-15)19-6-5-11-30-19/h5-8,11-13H,3-4,9-10,14H2,1-2H3. The maximum atomic E-state index is 13.0. The number of esters is 1. The Morgan fingerprint density at radius 2 is 2.03 bits per heavy atom. The summed E-state index contributed by atoms with van der Waals surface area (Å²) >= 11 is 1.50. The van der Waals surface area contributed by atoms with Crippen LogP contribution in [0, 0.1) is 0 Å². The Labute approximate surface area is 185 Å². The number of hydrogen-bond acceptors (Lipinski definition) is 8. The number of thiophene rings is 1. The smallest absolute Gasteiger partial charge is 0.340 e. The van der Waals surface area contributed by atoms with Crippen LogP contribution in [0.1, 0.15) is 28.9 Å². The summed E-state index contributed by atoms with van der Waals surface area (Å²) in [4.78, 5) is 20.3. The van der Waals surface area contributed by atoms with Gasteiger partial charge < -0.3 is 14.1 Å². The van der Waals surface area contributed by atoms with E-state index in [1.165, 1.54) is 43.8 Å². The first kappa shape index (κ1) is 21.5. The first-order chi connectivity index (χ1) is 14.9. The summed E-state index contributed by atoms with van der Waals surface area (Å²) in [6, 6.07) is 8.41. The lowest BCUT2D eigenvalue weighted by molar-refractivity contribution is 0.0468. The van der Waals surface area contributed by atoms with Crippen molar-refractivity contribution < 1.29 is 22.4 Å². The molecule has 4 rings (SSSR count). The van der Waals surface area contributed by atoms with Gasteiger partial charge in [0.15, 0.2) is 0 Å². The summed E-state index contributed by atoms with van der Waals surface area (Å²) in [7, 11) is -0.770. The van der Waals surface area contributed by atoms with Crippen molar-refractivity contribution in [3.63, 3.8) is 0 Å². The van der Waals surface area contributed by atoms with Crippen LogP contribution in [0.25, 0.3) is 10.8 Å². The van der Waals surface area contributed by atoms with E-state index >= 15 is 0 Å².